The summed E-state index contributed by atoms with van der Waals surface area (Å²) in [4.78, 5) is 17.0. The summed E-state index contributed by atoms with van der Waals surface area (Å²) in [7, 11) is 6.06. The van der Waals surface area contributed by atoms with Crippen LogP contribution in [-0.4, -0.2) is 45.1 Å². The van der Waals surface area contributed by atoms with E-state index >= 15 is 0 Å². The van der Waals surface area contributed by atoms with Gasteiger partial charge in [-0.2, -0.15) is 0 Å². The molecule has 7 nitrogen and oxygen atoms in total. The monoisotopic (exact) mass is 504 g/mol. The maximum atomic E-state index is 14.3. The third-order valence-corrected chi connectivity index (χ3v) is 6.39. The molecule has 37 heavy (non-hydrogen) atoms. The van der Waals surface area contributed by atoms with Crippen molar-refractivity contribution >= 4 is 17.1 Å². The van der Waals surface area contributed by atoms with Gasteiger partial charge in [0.15, 0.2) is 11.5 Å². The van der Waals surface area contributed by atoms with Crippen LogP contribution in [0.2, 0.25) is 0 Å². The number of nitrogens with zero attached hydrogens (tertiary/aromatic N) is 1. The zero-order valence-corrected chi connectivity index (χ0v) is 21.4. The Morgan fingerprint density at radius 2 is 1.73 bits per heavy atom. The molecular weight excluding hydrogens is 475 g/mol. The van der Waals surface area contributed by atoms with Gasteiger partial charge in [0.05, 0.1) is 26.5 Å². The van der Waals surface area contributed by atoms with E-state index in [2.05, 4.69) is 10.3 Å². The van der Waals surface area contributed by atoms with E-state index in [0.29, 0.717) is 22.7 Å². The van der Waals surface area contributed by atoms with Gasteiger partial charge in [-0.05, 0) is 82.8 Å². The van der Waals surface area contributed by atoms with Crippen molar-refractivity contribution in [2.45, 2.75) is 19.3 Å². The summed E-state index contributed by atoms with van der Waals surface area (Å²) in [6, 6.07) is 10.1. The van der Waals surface area contributed by atoms with Gasteiger partial charge in [-0.15, -0.1) is 0 Å². The highest BCUT2D eigenvalue weighted by Crippen LogP contribution is 2.44. The van der Waals surface area contributed by atoms with E-state index in [1.54, 1.807) is 24.4 Å². The van der Waals surface area contributed by atoms with Crippen molar-refractivity contribution in [3.8, 4) is 0 Å². The molecule has 0 aliphatic heterocycles. The molecule has 4 rings (SSSR count). The Morgan fingerprint density at radius 1 is 1.03 bits per heavy atom. The maximum Gasteiger partial charge on any atom is 0.287 e. The van der Waals surface area contributed by atoms with E-state index < -0.39 is 5.79 Å². The van der Waals surface area contributed by atoms with Gasteiger partial charge in [0.25, 0.3) is 5.79 Å². The maximum absolute atomic E-state index is 14.3. The first-order valence-corrected chi connectivity index (χ1v) is 11.6. The van der Waals surface area contributed by atoms with Gasteiger partial charge in [-0.1, -0.05) is 12.1 Å². The van der Waals surface area contributed by atoms with Crippen LogP contribution in [0.1, 0.15) is 23.7 Å². The summed E-state index contributed by atoms with van der Waals surface area (Å²) in [5, 5.41) is 2.85. The Kier molecular flexibility index (Phi) is 7.71. The molecule has 2 aromatic rings. The van der Waals surface area contributed by atoms with Crippen LogP contribution >= 0.6 is 0 Å². The predicted octanol–water partition coefficient (Wildman–Crippen LogP) is 4.70. The summed E-state index contributed by atoms with van der Waals surface area (Å²) in [6.07, 6.45) is 8.69. The molecule has 1 aromatic carbocycles. The lowest BCUT2D eigenvalue weighted by Crippen LogP contribution is -2.41. The van der Waals surface area contributed by atoms with Gasteiger partial charge in [0, 0.05) is 26.5 Å². The second kappa shape index (κ2) is 10.9. The van der Waals surface area contributed by atoms with E-state index in [4.69, 9.17) is 18.9 Å². The van der Waals surface area contributed by atoms with Crippen molar-refractivity contribution < 1.29 is 28.1 Å². The van der Waals surface area contributed by atoms with E-state index in [0.717, 1.165) is 28.0 Å². The molecule has 1 amide bonds. The molecule has 1 heterocycles. The SMILES string of the molecule is COC1=CC(=CC2=C(C)C(=CC(=O)NCc3ccccn3)c3cc(F)ccc32)C=C(OC)C1(OC)OC. The lowest BCUT2D eigenvalue weighted by Gasteiger charge is -2.35. The fourth-order valence-electron chi connectivity index (χ4n) is 4.54. The second-order valence-electron chi connectivity index (χ2n) is 8.42. The summed E-state index contributed by atoms with van der Waals surface area (Å²) in [5.74, 6) is -1.18. The normalized spacial score (nSPS) is 17.2. The van der Waals surface area contributed by atoms with E-state index in [9.17, 15) is 9.18 Å². The summed E-state index contributed by atoms with van der Waals surface area (Å²) in [6.45, 7) is 2.19. The number of halogens is 1. The van der Waals surface area contributed by atoms with Crippen molar-refractivity contribution in [1.82, 2.24) is 10.3 Å². The number of aromatic nitrogens is 1. The fraction of sp³-hybridized carbons (Fsp3) is 0.241. The highest BCUT2D eigenvalue weighted by atomic mass is 19.1. The van der Waals surface area contributed by atoms with Crippen LogP contribution in [-0.2, 0) is 30.3 Å². The minimum Gasteiger partial charge on any atom is -0.495 e. The Balaban J connectivity index is 1.74. The minimum absolute atomic E-state index is 0.287. The molecule has 1 N–H and O–H groups in total. The second-order valence-corrected chi connectivity index (χ2v) is 8.42. The number of carbonyl (C=O) groups is 1. The summed E-state index contributed by atoms with van der Waals surface area (Å²) in [5.41, 5.74) is 5.26. The van der Waals surface area contributed by atoms with Gasteiger partial charge in [-0.25, -0.2) is 4.39 Å². The van der Waals surface area contributed by atoms with Crippen LogP contribution in [0.4, 0.5) is 4.39 Å². The molecule has 1 aromatic heterocycles. The number of hydrogen-bond acceptors (Lipinski definition) is 6. The molecule has 0 bridgehead atoms. The number of nitrogens with one attached hydrogen (secondary N) is 1. The van der Waals surface area contributed by atoms with Crippen molar-refractivity contribution in [3.05, 3.63) is 112 Å². The molecule has 0 saturated heterocycles. The van der Waals surface area contributed by atoms with Crippen molar-refractivity contribution in [2.75, 3.05) is 28.4 Å². The molecule has 8 heteroatoms. The van der Waals surface area contributed by atoms with Crippen molar-refractivity contribution in [1.29, 1.82) is 0 Å². The lowest BCUT2D eigenvalue weighted by molar-refractivity contribution is -0.195. The smallest absolute Gasteiger partial charge is 0.287 e. The zero-order chi connectivity index (χ0) is 26.6. The standard InChI is InChI=1S/C29H29FN2O5/c1-18-23(12-19-13-26(34-2)29(36-4,37-5)27(14-19)35-3)22-10-9-20(30)15-25(22)24(18)16-28(33)32-17-21-8-6-7-11-31-21/h6-16H,17H2,1-5H3,(H,32,33). The van der Waals surface area contributed by atoms with Crippen LogP contribution in [0.15, 0.2) is 89.6 Å². The van der Waals surface area contributed by atoms with Crippen molar-refractivity contribution in [2.24, 2.45) is 0 Å². The Bertz CT molecular complexity index is 1330. The van der Waals surface area contributed by atoms with Crippen LogP contribution < -0.4 is 5.32 Å². The first-order chi connectivity index (χ1) is 17.9. The van der Waals surface area contributed by atoms with E-state index in [-0.39, 0.29) is 18.3 Å². The number of amides is 1. The quantitative estimate of drug-likeness (QED) is 0.415. The lowest BCUT2D eigenvalue weighted by atomic mass is 9.96. The molecule has 0 spiro atoms. The number of fused-ring (bicyclic) bond motifs is 1. The van der Waals surface area contributed by atoms with Gasteiger partial charge in [-0.3, -0.25) is 9.78 Å². The van der Waals surface area contributed by atoms with Crippen LogP contribution in [0, 0.1) is 5.82 Å². The van der Waals surface area contributed by atoms with Gasteiger partial charge in [0.1, 0.15) is 5.82 Å². The highest BCUT2D eigenvalue weighted by molar-refractivity contribution is 6.08. The zero-order valence-electron chi connectivity index (χ0n) is 21.4. The number of hydrogen-bond donors (Lipinski definition) is 1. The number of carbonyl (C=O) groups excluding carboxylic acids is 1. The fourth-order valence-corrected chi connectivity index (χ4v) is 4.54. The molecule has 192 valence electrons. The molecule has 2 aliphatic carbocycles. The number of ether oxygens (including phenoxy) is 4. The predicted molar refractivity (Wildman–Crippen MR) is 138 cm³/mol. The molecule has 0 fully saturated rings. The minimum atomic E-state index is -1.31. The third kappa shape index (κ3) is 4.98. The topological polar surface area (TPSA) is 78.9 Å². The molecular formula is C29H29FN2O5. The number of benzene rings is 1. The average molecular weight is 505 g/mol. The number of rotatable bonds is 8. The van der Waals surface area contributed by atoms with Crippen LogP contribution in [0.25, 0.3) is 11.1 Å². The van der Waals surface area contributed by atoms with Gasteiger partial charge < -0.3 is 24.3 Å². The third-order valence-electron chi connectivity index (χ3n) is 6.39. The van der Waals surface area contributed by atoms with E-state index in [1.165, 1.54) is 46.6 Å². The van der Waals surface area contributed by atoms with Crippen LogP contribution in [0.5, 0.6) is 0 Å². The average Bonchev–Trinajstić information content (AvgIpc) is 3.16. The Hall–Kier alpha value is -4.01. The summed E-state index contributed by atoms with van der Waals surface area (Å²) < 4.78 is 36.6. The number of allylic oxidation sites excluding steroid dienone is 7. The molecule has 2 aliphatic rings. The first kappa shape index (κ1) is 26.1. The van der Waals surface area contributed by atoms with Crippen LogP contribution in [0.3, 0.4) is 0 Å². The van der Waals surface area contributed by atoms with Gasteiger partial charge >= 0.3 is 0 Å². The first-order valence-electron chi connectivity index (χ1n) is 11.6. The number of methoxy groups -OCH3 is 4. The van der Waals surface area contributed by atoms with Crippen molar-refractivity contribution in [3.63, 3.8) is 0 Å². The molecule has 0 radical (unpaired) electrons. The summed E-state index contributed by atoms with van der Waals surface area (Å²) >= 11 is 0. The Morgan fingerprint density at radius 3 is 2.32 bits per heavy atom. The highest BCUT2D eigenvalue weighted by Gasteiger charge is 2.44. The molecule has 0 unspecified atom stereocenters. The Labute approximate surface area is 215 Å². The number of pyridine rings is 1. The molecule has 0 saturated carbocycles. The van der Waals surface area contributed by atoms with Gasteiger partial charge in [0.2, 0.25) is 5.91 Å². The largest absolute Gasteiger partial charge is 0.495 e. The molecule has 0 atom stereocenters. The van der Waals surface area contributed by atoms with E-state index in [1.807, 2.05) is 31.2 Å².